The van der Waals surface area contributed by atoms with Gasteiger partial charge in [-0.1, -0.05) is 49.4 Å². The maximum Gasteiger partial charge on any atom is 0.409 e. The second kappa shape index (κ2) is 11.5. The number of carbonyl (C=O) groups excluding carboxylic acids is 2. The monoisotopic (exact) mass is 468 g/mol. The number of carbonyl (C=O) groups is 2. The molecule has 1 heterocycles. The summed E-state index contributed by atoms with van der Waals surface area (Å²) in [7, 11) is 1.69. The third kappa shape index (κ3) is 5.96. The van der Waals surface area contributed by atoms with E-state index in [0.717, 1.165) is 16.7 Å². The molecular weight excluding hydrogens is 432 g/mol. The van der Waals surface area contributed by atoms with Crippen LogP contribution in [0.15, 0.2) is 48.5 Å². The van der Waals surface area contributed by atoms with Gasteiger partial charge in [0.1, 0.15) is 0 Å². The van der Waals surface area contributed by atoms with Gasteiger partial charge in [-0.3, -0.25) is 4.79 Å². The van der Waals surface area contributed by atoms with Crippen molar-refractivity contribution in [3.05, 3.63) is 59.7 Å². The summed E-state index contributed by atoms with van der Waals surface area (Å²) in [5, 5.41) is 9.91. The van der Waals surface area contributed by atoms with Crippen LogP contribution in [0.25, 0.3) is 11.1 Å². The third-order valence-corrected chi connectivity index (χ3v) is 6.20. The summed E-state index contributed by atoms with van der Waals surface area (Å²) in [6.07, 6.45) is -0.977. The topological polar surface area (TPSA) is 79.3 Å². The van der Waals surface area contributed by atoms with Gasteiger partial charge in [-0.15, -0.1) is 0 Å². The van der Waals surface area contributed by atoms with Crippen molar-refractivity contribution in [2.24, 2.45) is 5.92 Å². The maximum absolute atomic E-state index is 13.8. The van der Waals surface area contributed by atoms with E-state index in [1.54, 1.807) is 11.9 Å². The van der Waals surface area contributed by atoms with E-state index in [2.05, 4.69) is 0 Å². The number of aliphatic hydroxyl groups is 1. The van der Waals surface area contributed by atoms with Crippen molar-refractivity contribution < 1.29 is 24.2 Å². The fraction of sp³-hybridized carbons (Fsp3) is 0.481. The number of fused-ring (bicyclic) bond motifs is 3. The number of benzene rings is 2. The minimum absolute atomic E-state index is 0.107. The van der Waals surface area contributed by atoms with Crippen LogP contribution in [0.1, 0.15) is 43.6 Å². The van der Waals surface area contributed by atoms with Gasteiger partial charge in [0.2, 0.25) is 0 Å². The number of hydrogen-bond acceptors (Lipinski definition) is 5. The number of likely N-dealkylation sites (N-methyl/N-ethyl adjacent to an activating group) is 1. The summed E-state index contributed by atoms with van der Waals surface area (Å²) in [5.41, 5.74) is 3.34. The molecule has 7 nitrogen and oxygen atoms in total. The Balaban J connectivity index is 2.02. The molecule has 0 saturated carbocycles. The molecule has 0 fully saturated rings. The summed E-state index contributed by atoms with van der Waals surface area (Å²) in [4.78, 5) is 29.4. The predicted octanol–water partition coefficient (Wildman–Crippen LogP) is 4.19. The van der Waals surface area contributed by atoms with Gasteiger partial charge >= 0.3 is 6.09 Å². The molecule has 3 atom stereocenters. The van der Waals surface area contributed by atoms with Crippen molar-refractivity contribution in [3.63, 3.8) is 0 Å². The molecule has 34 heavy (non-hydrogen) atoms. The van der Waals surface area contributed by atoms with Crippen LogP contribution in [0.2, 0.25) is 0 Å². The van der Waals surface area contributed by atoms with Gasteiger partial charge < -0.3 is 24.4 Å². The Morgan fingerprint density at radius 3 is 2.38 bits per heavy atom. The molecule has 3 rings (SSSR count). The number of nitrogens with zero attached hydrogens (tertiary/aromatic N) is 2. The largest absolute Gasteiger partial charge is 0.447 e. The minimum atomic E-state index is -0.412. The van der Waals surface area contributed by atoms with Crippen molar-refractivity contribution in [2.75, 3.05) is 26.7 Å². The van der Waals surface area contributed by atoms with Crippen molar-refractivity contribution >= 4 is 12.0 Å². The zero-order valence-corrected chi connectivity index (χ0v) is 20.7. The van der Waals surface area contributed by atoms with E-state index in [1.807, 2.05) is 76.2 Å². The Labute approximate surface area is 202 Å². The van der Waals surface area contributed by atoms with Gasteiger partial charge in [0.25, 0.3) is 5.91 Å². The van der Waals surface area contributed by atoms with Crippen LogP contribution < -0.4 is 0 Å². The molecule has 0 saturated heterocycles. The molecule has 0 spiro atoms. The number of hydrogen-bond donors (Lipinski definition) is 1. The van der Waals surface area contributed by atoms with E-state index in [9.17, 15) is 14.7 Å². The Morgan fingerprint density at radius 2 is 1.74 bits per heavy atom. The van der Waals surface area contributed by atoms with E-state index in [4.69, 9.17) is 9.47 Å². The van der Waals surface area contributed by atoms with Crippen molar-refractivity contribution in [3.8, 4) is 11.1 Å². The van der Waals surface area contributed by atoms with Crippen molar-refractivity contribution in [2.45, 2.75) is 52.6 Å². The smallest absolute Gasteiger partial charge is 0.409 e. The fourth-order valence-electron chi connectivity index (χ4n) is 4.19. The SMILES string of the molecule is CC(C)OC(=O)N(C)C[C@H]1OCc2ccccc2-c2ccccc2C(=O)N([C@H](C)CO)C[C@H]1C. The average Bonchev–Trinajstić information content (AvgIpc) is 2.84. The Bertz CT molecular complexity index is 992. The summed E-state index contributed by atoms with van der Waals surface area (Å²) in [6.45, 7) is 8.35. The van der Waals surface area contributed by atoms with Gasteiger partial charge in [-0.2, -0.15) is 0 Å². The second-order valence-electron chi connectivity index (χ2n) is 9.33. The Hall–Kier alpha value is -2.90. The van der Waals surface area contributed by atoms with E-state index < -0.39 is 6.09 Å². The molecule has 7 heteroatoms. The van der Waals surface area contributed by atoms with E-state index in [0.29, 0.717) is 25.3 Å². The van der Waals surface area contributed by atoms with E-state index in [1.165, 1.54) is 4.90 Å². The molecule has 1 aliphatic rings. The lowest BCUT2D eigenvalue weighted by Gasteiger charge is -2.35. The third-order valence-electron chi connectivity index (χ3n) is 6.20. The minimum Gasteiger partial charge on any atom is -0.447 e. The maximum atomic E-state index is 13.8. The molecule has 2 amide bonds. The standard InChI is InChI=1S/C27H36N2O5/c1-18(2)34-27(32)28(5)15-25-19(3)14-29(20(4)16-30)26(31)24-13-9-8-12-23(24)22-11-7-6-10-21(22)17-33-25/h6-13,18-20,25,30H,14-17H2,1-5H3/t19-,20-,25-/m1/s1. The van der Waals surface area contributed by atoms with Gasteiger partial charge in [0.15, 0.2) is 0 Å². The first-order valence-electron chi connectivity index (χ1n) is 11.8. The Kier molecular flexibility index (Phi) is 8.69. The van der Waals surface area contributed by atoms with E-state index >= 15 is 0 Å². The van der Waals surface area contributed by atoms with Crippen LogP contribution in [0.3, 0.4) is 0 Å². The normalized spacial score (nSPS) is 19.6. The average molecular weight is 469 g/mol. The number of amides is 2. The van der Waals surface area contributed by atoms with Crippen LogP contribution in [0, 0.1) is 5.92 Å². The van der Waals surface area contributed by atoms with Crippen LogP contribution >= 0.6 is 0 Å². The second-order valence-corrected chi connectivity index (χ2v) is 9.33. The van der Waals surface area contributed by atoms with Crippen molar-refractivity contribution in [1.82, 2.24) is 9.80 Å². The summed E-state index contributed by atoms with van der Waals surface area (Å²) < 4.78 is 11.7. The van der Waals surface area contributed by atoms with Crippen LogP contribution in [-0.4, -0.2) is 71.9 Å². The highest BCUT2D eigenvalue weighted by Crippen LogP contribution is 2.31. The van der Waals surface area contributed by atoms with Crippen LogP contribution in [0.4, 0.5) is 4.79 Å². The first-order valence-corrected chi connectivity index (χ1v) is 11.8. The highest BCUT2D eigenvalue weighted by atomic mass is 16.6. The molecular formula is C27H36N2O5. The van der Waals surface area contributed by atoms with Crippen molar-refractivity contribution in [1.29, 1.82) is 0 Å². The quantitative estimate of drug-likeness (QED) is 0.712. The van der Waals surface area contributed by atoms with Crippen LogP contribution in [0.5, 0.6) is 0 Å². The molecule has 2 aromatic rings. The highest BCUT2D eigenvalue weighted by Gasteiger charge is 2.31. The summed E-state index contributed by atoms with van der Waals surface area (Å²) >= 11 is 0. The highest BCUT2D eigenvalue weighted by molar-refractivity contribution is 6.01. The fourth-order valence-corrected chi connectivity index (χ4v) is 4.19. The van der Waals surface area contributed by atoms with Crippen LogP contribution in [-0.2, 0) is 16.1 Å². The molecule has 184 valence electrons. The number of aliphatic hydroxyl groups excluding tert-OH is 1. The zero-order valence-electron chi connectivity index (χ0n) is 20.7. The zero-order chi connectivity index (χ0) is 24.8. The van der Waals surface area contributed by atoms with Gasteiger partial charge in [0.05, 0.1) is 38.0 Å². The number of ether oxygens (including phenoxy) is 2. The first-order chi connectivity index (χ1) is 16.2. The number of rotatable bonds is 5. The van der Waals surface area contributed by atoms with Gasteiger partial charge in [0, 0.05) is 25.1 Å². The molecule has 0 unspecified atom stereocenters. The lowest BCUT2D eigenvalue weighted by molar-refractivity contribution is -0.0245. The summed E-state index contributed by atoms with van der Waals surface area (Å²) in [5.74, 6) is -0.239. The van der Waals surface area contributed by atoms with E-state index in [-0.39, 0.29) is 36.7 Å². The molecule has 0 aromatic heterocycles. The molecule has 1 N–H and O–H groups in total. The molecule has 1 aliphatic heterocycles. The predicted molar refractivity (Wildman–Crippen MR) is 131 cm³/mol. The molecule has 0 radical (unpaired) electrons. The molecule has 2 aromatic carbocycles. The summed E-state index contributed by atoms with van der Waals surface area (Å²) in [6, 6.07) is 15.1. The molecule has 0 bridgehead atoms. The lowest BCUT2D eigenvalue weighted by atomic mass is 9.94. The Morgan fingerprint density at radius 1 is 1.12 bits per heavy atom. The molecule has 0 aliphatic carbocycles. The van der Waals surface area contributed by atoms with Gasteiger partial charge in [-0.25, -0.2) is 4.79 Å². The van der Waals surface area contributed by atoms with Gasteiger partial charge in [-0.05, 0) is 43.5 Å². The first kappa shape index (κ1) is 25.7. The lowest BCUT2D eigenvalue weighted by Crippen LogP contribution is -2.47.